The highest BCUT2D eigenvalue weighted by Gasteiger charge is 2.08. The van der Waals surface area contributed by atoms with Crippen LogP contribution < -0.4 is 10.1 Å². The van der Waals surface area contributed by atoms with Crippen molar-refractivity contribution in [3.8, 4) is 5.88 Å². The van der Waals surface area contributed by atoms with E-state index in [4.69, 9.17) is 9.84 Å². The van der Waals surface area contributed by atoms with Crippen LogP contribution in [0.2, 0.25) is 0 Å². The molecule has 0 aliphatic heterocycles. The monoisotopic (exact) mass is 287 g/mol. The Labute approximate surface area is 122 Å². The summed E-state index contributed by atoms with van der Waals surface area (Å²) < 4.78 is 5.43. The van der Waals surface area contributed by atoms with Gasteiger partial charge in [-0.25, -0.2) is 14.8 Å². The number of rotatable bonds is 6. The molecule has 0 unspecified atom stereocenters. The van der Waals surface area contributed by atoms with Crippen molar-refractivity contribution in [2.24, 2.45) is 0 Å². The zero-order valence-corrected chi connectivity index (χ0v) is 12.0. The smallest absolute Gasteiger partial charge is 0.336 e. The number of carbonyl (C=O) groups is 1. The Morgan fingerprint density at radius 1 is 1.33 bits per heavy atom. The lowest BCUT2D eigenvalue weighted by Gasteiger charge is -2.09. The average Bonchev–Trinajstić information content (AvgIpc) is 2.47. The number of hydrogen-bond acceptors (Lipinski definition) is 5. The SMILES string of the molecule is CCCOc1cc(Nc2ccc(C)c(C(=O)O)c2)ncn1. The van der Waals surface area contributed by atoms with Gasteiger partial charge < -0.3 is 15.2 Å². The Kier molecular flexibility index (Phi) is 4.71. The van der Waals surface area contributed by atoms with Gasteiger partial charge >= 0.3 is 5.97 Å². The van der Waals surface area contributed by atoms with E-state index in [1.54, 1.807) is 31.2 Å². The lowest BCUT2D eigenvalue weighted by atomic mass is 10.1. The number of aromatic nitrogens is 2. The van der Waals surface area contributed by atoms with Crippen LogP contribution in [-0.4, -0.2) is 27.7 Å². The third-order valence-corrected chi connectivity index (χ3v) is 2.84. The summed E-state index contributed by atoms with van der Waals surface area (Å²) in [5.41, 5.74) is 1.62. The minimum absolute atomic E-state index is 0.261. The van der Waals surface area contributed by atoms with Gasteiger partial charge in [0.15, 0.2) is 0 Å². The summed E-state index contributed by atoms with van der Waals surface area (Å²) in [6.07, 6.45) is 2.30. The second kappa shape index (κ2) is 6.69. The fraction of sp³-hybridized carbons (Fsp3) is 0.267. The average molecular weight is 287 g/mol. The summed E-state index contributed by atoms with van der Waals surface area (Å²) in [6.45, 7) is 4.36. The third kappa shape index (κ3) is 3.92. The molecule has 1 aromatic carbocycles. The summed E-state index contributed by atoms with van der Waals surface area (Å²) in [7, 11) is 0. The Morgan fingerprint density at radius 2 is 2.14 bits per heavy atom. The van der Waals surface area contributed by atoms with E-state index in [0.29, 0.717) is 29.6 Å². The minimum Gasteiger partial charge on any atom is -0.478 e. The number of hydrogen-bond donors (Lipinski definition) is 2. The maximum absolute atomic E-state index is 11.1. The van der Waals surface area contributed by atoms with Gasteiger partial charge in [0, 0.05) is 11.8 Å². The van der Waals surface area contributed by atoms with Gasteiger partial charge in [0.25, 0.3) is 0 Å². The van der Waals surface area contributed by atoms with Crippen molar-refractivity contribution in [3.63, 3.8) is 0 Å². The molecule has 6 heteroatoms. The molecule has 21 heavy (non-hydrogen) atoms. The molecule has 110 valence electrons. The van der Waals surface area contributed by atoms with Crippen molar-refractivity contribution in [1.29, 1.82) is 0 Å². The first-order chi connectivity index (χ1) is 10.1. The summed E-state index contributed by atoms with van der Waals surface area (Å²) in [5, 5.41) is 12.2. The molecule has 0 spiro atoms. The van der Waals surface area contributed by atoms with Crippen LogP contribution in [0.1, 0.15) is 29.3 Å². The highest BCUT2D eigenvalue weighted by molar-refractivity contribution is 5.90. The number of benzene rings is 1. The van der Waals surface area contributed by atoms with Gasteiger partial charge in [-0.3, -0.25) is 0 Å². The van der Waals surface area contributed by atoms with Crippen LogP contribution in [0.4, 0.5) is 11.5 Å². The van der Waals surface area contributed by atoms with Crippen LogP contribution in [0.3, 0.4) is 0 Å². The van der Waals surface area contributed by atoms with E-state index in [2.05, 4.69) is 15.3 Å². The fourth-order valence-corrected chi connectivity index (χ4v) is 1.77. The number of anilines is 2. The number of nitrogens with one attached hydrogen (secondary N) is 1. The molecule has 2 aromatic rings. The Balaban J connectivity index is 2.18. The lowest BCUT2D eigenvalue weighted by Crippen LogP contribution is -2.03. The summed E-state index contributed by atoms with van der Waals surface area (Å²) in [5.74, 6) is 0.0852. The predicted octanol–water partition coefficient (Wildman–Crippen LogP) is 3.02. The van der Waals surface area contributed by atoms with Crippen molar-refractivity contribution in [2.45, 2.75) is 20.3 Å². The molecule has 0 aliphatic rings. The standard InChI is InChI=1S/C15H17N3O3/c1-3-6-21-14-8-13(16-9-17-14)18-11-5-4-10(2)12(7-11)15(19)20/h4-5,7-9H,3,6H2,1-2H3,(H,19,20)(H,16,17,18). The maximum Gasteiger partial charge on any atom is 0.336 e. The molecule has 0 fully saturated rings. The highest BCUT2D eigenvalue weighted by atomic mass is 16.5. The molecular formula is C15H17N3O3. The first-order valence-corrected chi connectivity index (χ1v) is 6.66. The number of nitrogens with zero attached hydrogens (tertiary/aromatic N) is 2. The molecule has 0 atom stereocenters. The first-order valence-electron chi connectivity index (χ1n) is 6.66. The van der Waals surface area contributed by atoms with Crippen molar-refractivity contribution in [2.75, 3.05) is 11.9 Å². The maximum atomic E-state index is 11.1. The highest BCUT2D eigenvalue weighted by Crippen LogP contribution is 2.20. The molecule has 0 bridgehead atoms. The van der Waals surface area contributed by atoms with E-state index >= 15 is 0 Å². The third-order valence-electron chi connectivity index (χ3n) is 2.84. The van der Waals surface area contributed by atoms with Crippen LogP contribution >= 0.6 is 0 Å². The van der Waals surface area contributed by atoms with Gasteiger partial charge in [-0.05, 0) is 31.0 Å². The van der Waals surface area contributed by atoms with Gasteiger partial charge in [-0.1, -0.05) is 13.0 Å². The summed E-state index contributed by atoms with van der Waals surface area (Å²) >= 11 is 0. The molecule has 0 aliphatic carbocycles. The zero-order chi connectivity index (χ0) is 15.2. The van der Waals surface area contributed by atoms with Crippen LogP contribution in [-0.2, 0) is 0 Å². The van der Waals surface area contributed by atoms with Crippen LogP contribution in [0.25, 0.3) is 0 Å². The molecule has 0 saturated heterocycles. The Bertz CT molecular complexity index is 644. The number of aromatic carboxylic acids is 1. The zero-order valence-electron chi connectivity index (χ0n) is 12.0. The molecule has 2 N–H and O–H groups in total. The molecule has 0 radical (unpaired) electrons. The quantitative estimate of drug-likeness (QED) is 0.849. The molecule has 1 aromatic heterocycles. The van der Waals surface area contributed by atoms with Crippen LogP contribution in [0.15, 0.2) is 30.6 Å². The first kappa shape index (κ1) is 14.8. The normalized spacial score (nSPS) is 10.2. The van der Waals surface area contributed by atoms with E-state index < -0.39 is 5.97 Å². The van der Waals surface area contributed by atoms with Gasteiger partial charge in [-0.15, -0.1) is 0 Å². The van der Waals surface area contributed by atoms with E-state index in [-0.39, 0.29) is 5.56 Å². The molecule has 6 nitrogen and oxygen atoms in total. The van der Waals surface area contributed by atoms with Crippen LogP contribution in [0, 0.1) is 6.92 Å². The van der Waals surface area contributed by atoms with Gasteiger partial charge in [0.1, 0.15) is 12.1 Å². The number of carboxylic acids is 1. The molecule has 1 heterocycles. The largest absolute Gasteiger partial charge is 0.478 e. The molecular weight excluding hydrogens is 270 g/mol. The number of ether oxygens (including phenoxy) is 1. The van der Waals surface area contributed by atoms with Crippen molar-refractivity contribution < 1.29 is 14.6 Å². The van der Waals surface area contributed by atoms with E-state index in [1.807, 2.05) is 6.92 Å². The van der Waals surface area contributed by atoms with E-state index in [9.17, 15) is 4.79 Å². The Hall–Kier alpha value is -2.63. The van der Waals surface area contributed by atoms with Gasteiger partial charge in [0.2, 0.25) is 5.88 Å². The van der Waals surface area contributed by atoms with E-state index in [1.165, 1.54) is 6.33 Å². The second-order valence-corrected chi connectivity index (χ2v) is 4.55. The predicted molar refractivity (Wildman–Crippen MR) is 79.2 cm³/mol. The fourth-order valence-electron chi connectivity index (χ4n) is 1.77. The second-order valence-electron chi connectivity index (χ2n) is 4.55. The van der Waals surface area contributed by atoms with Crippen LogP contribution in [0.5, 0.6) is 5.88 Å². The summed E-state index contributed by atoms with van der Waals surface area (Å²) in [6, 6.07) is 6.81. The van der Waals surface area contributed by atoms with Gasteiger partial charge in [0.05, 0.1) is 12.2 Å². The van der Waals surface area contributed by atoms with Crippen molar-refractivity contribution in [1.82, 2.24) is 9.97 Å². The summed E-state index contributed by atoms with van der Waals surface area (Å²) in [4.78, 5) is 19.2. The van der Waals surface area contributed by atoms with Crippen molar-refractivity contribution >= 4 is 17.5 Å². The molecule has 0 saturated carbocycles. The van der Waals surface area contributed by atoms with Crippen molar-refractivity contribution in [3.05, 3.63) is 41.7 Å². The Morgan fingerprint density at radius 3 is 2.86 bits per heavy atom. The van der Waals surface area contributed by atoms with E-state index in [0.717, 1.165) is 6.42 Å². The molecule has 2 rings (SSSR count). The molecule has 0 amide bonds. The minimum atomic E-state index is -0.953. The van der Waals surface area contributed by atoms with Gasteiger partial charge in [-0.2, -0.15) is 0 Å². The number of carboxylic acid groups (broad SMARTS) is 1. The number of aryl methyl sites for hydroxylation is 1. The topological polar surface area (TPSA) is 84.3 Å². The lowest BCUT2D eigenvalue weighted by molar-refractivity contribution is 0.0696.